The summed E-state index contributed by atoms with van der Waals surface area (Å²) >= 11 is 1.56. The van der Waals surface area contributed by atoms with Crippen LogP contribution in [0, 0.1) is 0 Å². The minimum Gasteiger partial charge on any atom is -0.497 e. The summed E-state index contributed by atoms with van der Waals surface area (Å²) in [6.45, 7) is 5.11. The van der Waals surface area contributed by atoms with Crippen molar-refractivity contribution in [3.63, 3.8) is 0 Å². The number of hydrogen-bond donors (Lipinski definition) is 2. The molecule has 0 bridgehead atoms. The van der Waals surface area contributed by atoms with Gasteiger partial charge in [0.25, 0.3) is 0 Å². The van der Waals surface area contributed by atoms with Crippen molar-refractivity contribution in [2.45, 2.75) is 29.4 Å². The molecule has 0 radical (unpaired) electrons. The van der Waals surface area contributed by atoms with Crippen LogP contribution in [-0.2, 0) is 19.1 Å². The summed E-state index contributed by atoms with van der Waals surface area (Å²) in [7, 11) is 5.55. The molecule has 256 valence electrons. The van der Waals surface area contributed by atoms with E-state index in [-0.39, 0.29) is 12.7 Å². The third kappa shape index (κ3) is 9.35. The third-order valence-electron chi connectivity index (χ3n) is 7.60. The Morgan fingerprint density at radius 3 is 2.38 bits per heavy atom. The van der Waals surface area contributed by atoms with Gasteiger partial charge >= 0.3 is 11.9 Å². The van der Waals surface area contributed by atoms with Crippen LogP contribution in [0.5, 0.6) is 28.7 Å². The minimum atomic E-state index is -1.26. The number of rotatable bonds is 14. The molecule has 3 aromatic carbocycles. The molecule has 13 heteroatoms. The SMILES string of the molecule is COc1ccc(OCCCCN(C)CCOc2ccc3c(c2)OCO3)c(C2(C)Sc3ccccc3N(C)C2=O)c1.O=C(O)C=CC(=O)O. The number of aliphatic carboxylic acids is 2. The number of likely N-dealkylation sites (N-methyl/N-ethyl adjacent to an activating group) is 2. The lowest BCUT2D eigenvalue weighted by atomic mass is 9.96. The first-order chi connectivity index (χ1) is 23.0. The van der Waals surface area contributed by atoms with Gasteiger partial charge in [-0.3, -0.25) is 4.79 Å². The van der Waals surface area contributed by atoms with Crippen LogP contribution in [0.1, 0.15) is 25.3 Å². The van der Waals surface area contributed by atoms with Crippen molar-refractivity contribution in [1.29, 1.82) is 0 Å². The number of nitrogens with zero attached hydrogens (tertiary/aromatic N) is 2. The highest BCUT2D eigenvalue weighted by Crippen LogP contribution is 2.52. The number of carboxylic acid groups (broad SMARTS) is 2. The van der Waals surface area contributed by atoms with E-state index in [0.717, 1.165) is 59.3 Å². The van der Waals surface area contributed by atoms with Crippen molar-refractivity contribution in [2.24, 2.45) is 0 Å². The number of ether oxygens (including phenoxy) is 5. The molecule has 0 saturated carbocycles. The van der Waals surface area contributed by atoms with Crippen LogP contribution in [0.25, 0.3) is 0 Å². The van der Waals surface area contributed by atoms with Crippen LogP contribution < -0.4 is 28.6 Å². The molecule has 3 aromatic rings. The van der Waals surface area contributed by atoms with E-state index < -0.39 is 16.7 Å². The zero-order chi connectivity index (χ0) is 34.7. The van der Waals surface area contributed by atoms with E-state index in [0.29, 0.717) is 36.9 Å². The molecular weight excluding hydrogens is 640 g/mol. The smallest absolute Gasteiger partial charge is 0.328 e. The maximum Gasteiger partial charge on any atom is 0.328 e. The van der Waals surface area contributed by atoms with E-state index in [1.54, 1.807) is 23.8 Å². The van der Waals surface area contributed by atoms with E-state index in [1.165, 1.54) is 0 Å². The number of para-hydroxylation sites is 1. The lowest BCUT2D eigenvalue weighted by molar-refractivity contribution is -0.134. The maximum atomic E-state index is 13.6. The molecule has 0 aliphatic carbocycles. The summed E-state index contributed by atoms with van der Waals surface area (Å²) < 4.78 is 27.6. The molecule has 0 fully saturated rings. The van der Waals surface area contributed by atoms with Gasteiger partial charge < -0.3 is 43.7 Å². The number of carbonyl (C=O) groups excluding carboxylic acids is 1. The van der Waals surface area contributed by atoms with Crippen molar-refractivity contribution in [3.05, 3.63) is 78.4 Å². The third-order valence-corrected chi connectivity index (χ3v) is 8.97. The Bertz CT molecular complexity index is 1610. The predicted octanol–water partition coefficient (Wildman–Crippen LogP) is 5.29. The number of benzene rings is 3. The van der Waals surface area contributed by atoms with Gasteiger partial charge in [0.1, 0.15) is 28.6 Å². The first-order valence-electron chi connectivity index (χ1n) is 15.2. The zero-order valence-corrected chi connectivity index (χ0v) is 28.2. The van der Waals surface area contributed by atoms with Crippen molar-refractivity contribution >= 4 is 35.3 Å². The molecule has 0 spiro atoms. The Hall–Kier alpha value is -4.88. The monoisotopic (exact) mass is 680 g/mol. The topological polar surface area (TPSA) is 144 Å². The Labute approximate surface area is 283 Å². The van der Waals surface area contributed by atoms with Gasteiger partial charge in [-0.1, -0.05) is 12.1 Å². The number of anilines is 1. The maximum absolute atomic E-state index is 13.6. The molecule has 12 nitrogen and oxygen atoms in total. The summed E-state index contributed by atoms with van der Waals surface area (Å²) in [6, 6.07) is 19.3. The van der Waals surface area contributed by atoms with Gasteiger partial charge in [-0.25, -0.2) is 9.59 Å². The van der Waals surface area contributed by atoms with E-state index in [9.17, 15) is 14.4 Å². The van der Waals surface area contributed by atoms with Gasteiger partial charge in [0, 0.05) is 42.3 Å². The lowest BCUT2D eigenvalue weighted by Crippen LogP contribution is -2.44. The molecule has 2 aliphatic heterocycles. The highest BCUT2D eigenvalue weighted by atomic mass is 32.2. The molecular formula is C35H40N2O10S. The van der Waals surface area contributed by atoms with Crippen molar-refractivity contribution in [3.8, 4) is 28.7 Å². The van der Waals surface area contributed by atoms with Crippen LogP contribution in [0.15, 0.2) is 77.7 Å². The fraction of sp³-hybridized carbons (Fsp3) is 0.343. The van der Waals surface area contributed by atoms with Crippen molar-refractivity contribution in [2.75, 3.05) is 59.2 Å². The van der Waals surface area contributed by atoms with Gasteiger partial charge in [-0.05, 0) is 75.8 Å². The molecule has 2 heterocycles. The fourth-order valence-corrected chi connectivity index (χ4v) is 6.41. The number of carboxylic acids is 2. The number of hydrogen-bond acceptors (Lipinski definition) is 10. The normalized spacial score (nSPS) is 16.3. The van der Waals surface area contributed by atoms with Crippen molar-refractivity contribution in [1.82, 2.24) is 4.90 Å². The van der Waals surface area contributed by atoms with Gasteiger partial charge in [-0.2, -0.15) is 0 Å². The number of fused-ring (bicyclic) bond motifs is 2. The molecule has 5 rings (SSSR count). The number of carbonyl (C=O) groups is 3. The molecule has 0 aromatic heterocycles. The number of unbranched alkanes of at least 4 members (excludes halogenated alkanes) is 1. The highest BCUT2D eigenvalue weighted by molar-refractivity contribution is 8.01. The van der Waals surface area contributed by atoms with Gasteiger partial charge in [0.15, 0.2) is 11.5 Å². The Morgan fingerprint density at radius 2 is 1.65 bits per heavy atom. The second-order valence-electron chi connectivity index (χ2n) is 11.1. The van der Waals surface area contributed by atoms with E-state index in [2.05, 4.69) is 18.0 Å². The lowest BCUT2D eigenvalue weighted by Gasteiger charge is -2.39. The van der Waals surface area contributed by atoms with Gasteiger partial charge in [0.05, 0.1) is 19.4 Å². The van der Waals surface area contributed by atoms with Crippen LogP contribution in [0.3, 0.4) is 0 Å². The predicted molar refractivity (Wildman–Crippen MR) is 181 cm³/mol. The molecule has 2 aliphatic rings. The highest BCUT2D eigenvalue weighted by Gasteiger charge is 2.45. The molecule has 1 unspecified atom stereocenters. The average molecular weight is 681 g/mol. The van der Waals surface area contributed by atoms with Crippen LogP contribution in [0.4, 0.5) is 5.69 Å². The Morgan fingerprint density at radius 1 is 0.938 bits per heavy atom. The second-order valence-corrected chi connectivity index (χ2v) is 12.5. The first kappa shape index (κ1) is 36.0. The summed E-state index contributed by atoms with van der Waals surface area (Å²) in [5.74, 6) is 1.16. The summed E-state index contributed by atoms with van der Waals surface area (Å²) in [6.07, 6.45) is 2.98. The summed E-state index contributed by atoms with van der Waals surface area (Å²) in [5.41, 5.74) is 1.74. The number of amides is 1. The zero-order valence-electron chi connectivity index (χ0n) is 27.3. The van der Waals surface area contributed by atoms with E-state index >= 15 is 0 Å². The van der Waals surface area contributed by atoms with Crippen molar-refractivity contribution < 1.29 is 48.3 Å². The fourth-order valence-electron chi connectivity index (χ4n) is 5.02. The summed E-state index contributed by atoms with van der Waals surface area (Å²) in [4.78, 5) is 37.8. The molecule has 1 amide bonds. The van der Waals surface area contributed by atoms with Crippen LogP contribution >= 0.6 is 11.8 Å². The number of thioether (sulfide) groups is 1. The van der Waals surface area contributed by atoms with E-state index in [4.69, 9.17) is 33.9 Å². The molecule has 1 atom stereocenters. The standard InChI is InChI=1S/C31H36N2O6S.C4H4O4/c1-31(30(34)33(3)25-9-5-6-10-29(25)40-31)24-19-22(35-4)11-13-26(24)37-17-8-7-15-32(2)16-18-36-23-12-14-27-28(20-23)39-21-38-27;5-3(6)1-2-4(7)8/h5-6,9-14,19-20H,7-8,15-18,21H2,1-4H3;1-2H,(H,5,6)(H,7,8). The minimum absolute atomic E-state index is 0.0129. The van der Waals surface area contributed by atoms with E-state index in [1.807, 2.05) is 68.6 Å². The molecule has 0 saturated heterocycles. The molecule has 2 N–H and O–H groups in total. The second kappa shape index (κ2) is 16.8. The Kier molecular flexibility index (Phi) is 12.6. The Balaban J connectivity index is 0.000000579. The molecule has 48 heavy (non-hydrogen) atoms. The van der Waals surface area contributed by atoms with Crippen LogP contribution in [0.2, 0.25) is 0 Å². The number of methoxy groups -OCH3 is 1. The van der Waals surface area contributed by atoms with Gasteiger partial charge in [-0.15, -0.1) is 11.8 Å². The largest absolute Gasteiger partial charge is 0.497 e. The van der Waals surface area contributed by atoms with Crippen LogP contribution in [-0.4, -0.2) is 87.3 Å². The summed E-state index contributed by atoms with van der Waals surface area (Å²) in [5, 5.41) is 15.6. The first-order valence-corrected chi connectivity index (χ1v) is 16.1. The quantitative estimate of drug-likeness (QED) is 0.169. The van der Waals surface area contributed by atoms with Gasteiger partial charge in [0.2, 0.25) is 12.7 Å². The average Bonchev–Trinajstić information content (AvgIpc) is 3.55.